The molecule has 1 heterocycles. The normalized spacial score (nSPS) is 11.6. The monoisotopic (exact) mass is 429 g/mol. The number of hydrogen-bond acceptors (Lipinski definition) is 5. The zero-order valence-corrected chi connectivity index (χ0v) is 16.7. The van der Waals surface area contributed by atoms with Gasteiger partial charge in [-0.15, -0.1) is 13.2 Å². The molecule has 0 fully saturated rings. The lowest BCUT2D eigenvalue weighted by Gasteiger charge is -2.11. The standard InChI is InChI=1S/C19H19ClF3N3O3/c1-4-26(3)11-24-16-9-15(20)18(25-12(16)2)17(27)10-28-13-5-7-14(8-6-13)29-19(21,22)23/h5-9,11H,4,10H2,1-3H3. The van der Waals surface area contributed by atoms with Crippen LogP contribution in [-0.2, 0) is 0 Å². The van der Waals surface area contributed by atoms with E-state index in [4.69, 9.17) is 16.3 Å². The van der Waals surface area contributed by atoms with Gasteiger partial charge in [-0.05, 0) is 44.2 Å². The smallest absolute Gasteiger partial charge is 0.485 e. The number of ketones is 1. The molecule has 2 rings (SSSR count). The molecular formula is C19H19ClF3N3O3. The molecule has 0 amide bonds. The van der Waals surface area contributed by atoms with Gasteiger partial charge >= 0.3 is 6.36 Å². The number of rotatable bonds is 8. The Morgan fingerprint density at radius 3 is 2.48 bits per heavy atom. The Morgan fingerprint density at radius 1 is 1.28 bits per heavy atom. The largest absolute Gasteiger partial charge is 0.573 e. The summed E-state index contributed by atoms with van der Waals surface area (Å²) in [5.74, 6) is -0.666. The van der Waals surface area contributed by atoms with E-state index in [1.54, 1.807) is 19.3 Å². The van der Waals surface area contributed by atoms with Crippen molar-refractivity contribution in [1.29, 1.82) is 0 Å². The van der Waals surface area contributed by atoms with Crippen LogP contribution in [0.3, 0.4) is 0 Å². The van der Waals surface area contributed by atoms with Gasteiger partial charge in [-0.25, -0.2) is 9.98 Å². The molecule has 0 saturated carbocycles. The first-order valence-electron chi connectivity index (χ1n) is 8.52. The average molecular weight is 430 g/mol. The first kappa shape index (κ1) is 22.5. The van der Waals surface area contributed by atoms with Crippen molar-refractivity contribution < 1.29 is 27.4 Å². The molecule has 10 heteroatoms. The van der Waals surface area contributed by atoms with E-state index in [1.165, 1.54) is 12.1 Å². The third kappa shape index (κ3) is 6.94. The quantitative estimate of drug-likeness (QED) is 0.342. The molecule has 6 nitrogen and oxygen atoms in total. The van der Waals surface area contributed by atoms with Crippen LogP contribution >= 0.6 is 11.6 Å². The van der Waals surface area contributed by atoms with Crippen LogP contribution in [0.2, 0.25) is 5.02 Å². The van der Waals surface area contributed by atoms with Crippen LogP contribution in [0.4, 0.5) is 18.9 Å². The van der Waals surface area contributed by atoms with Crippen molar-refractivity contribution in [3.05, 3.63) is 46.7 Å². The molecule has 29 heavy (non-hydrogen) atoms. The molecule has 0 spiro atoms. The Labute approximate surface area is 170 Å². The van der Waals surface area contributed by atoms with Gasteiger partial charge < -0.3 is 14.4 Å². The first-order chi connectivity index (χ1) is 13.6. The SMILES string of the molecule is CCN(C)C=Nc1cc(Cl)c(C(=O)COc2ccc(OC(F)(F)F)cc2)nc1C. The third-order valence-corrected chi connectivity index (χ3v) is 4.01. The van der Waals surface area contributed by atoms with Crippen LogP contribution in [0.5, 0.6) is 11.5 Å². The summed E-state index contributed by atoms with van der Waals surface area (Å²) in [5, 5.41) is 0.129. The number of Topliss-reactive ketones (excluding diaryl/α,β-unsaturated/α-hetero) is 1. The fourth-order valence-corrected chi connectivity index (χ4v) is 2.35. The molecule has 2 aromatic rings. The molecular weight excluding hydrogens is 411 g/mol. The van der Waals surface area contributed by atoms with E-state index in [0.29, 0.717) is 11.4 Å². The minimum Gasteiger partial charge on any atom is -0.485 e. The average Bonchev–Trinajstić information content (AvgIpc) is 2.66. The highest BCUT2D eigenvalue weighted by Crippen LogP contribution is 2.26. The van der Waals surface area contributed by atoms with Gasteiger partial charge in [0.2, 0.25) is 5.78 Å². The second-order valence-electron chi connectivity index (χ2n) is 5.97. The van der Waals surface area contributed by atoms with Gasteiger partial charge in [0.15, 0.2) is 6.61 Å². The van der Waals surface area contributed by atoms with Crippen LogP contribution in [0.25, 0.3) is 0 Å². The van der Waals surface area contributed by atoms with E-state index in [0.717, 1.165) is 18.7 Å². The summed E-state index contributed by atoms with van der Waals surface area (Å²) in [4.78, 5) is 22.7. The Kier molecular flexibility index (Phi) is 7.44. The second kappa shape index (κ2) is 9.60. The minimum atomic E-state index is -4.78. The van der Waals surface area contributed by atoms with Gasteiger partial charge in [-0.1, -0.05) is 11.6 Å². The maximum atomic E-state index is 12.4. The number of aliphatic imine (C=N–C) groups is 1. The predicted molar refractivity (Wildman–Crippen MR) is 103 cm³/mol. The van der Waals surface area contributed by atoms with Gasteiger partial charge in [0.1, 0.15) is 17.2 Å². The predicted octanol–water partition coefficient (Wildman–Crippen LogP) is 4.82. The molecule has 0 bridgehead atoms. The highest BCUT2D eigenvalue weighted by molar-refractivity contribution is 6.34. The number of nitrogens with zero attached hydrogens (tertiary/aromatic N) is 3. The summed E-state index contributed by atoms with van der Waals surface area (Å²) in [5.41, 5.74) is 1.09. The van der Waals surface area contributed by atoms with Crippen molar-refractivity contribution >= 4 is 29.4 Å². The molecule has 0 N–H and O–H groups in total. The Balaban J connectivity index is 2.03. The minimum absolute atomic E-state index is 0.0315. The number of hydrogen-bond donors (Lipinski definition) is 0. The first-order valence-corrected chi connectivity index (χ1v) is 8.90. The van der Waals surface area contributed by atoms with Crippen LogP contribution in [-0.4, -0.2) is 48.6 Å². The van der Waals surface area contributed by atoms with E-state index in [-0.39, 0.29) is 28.8 Å². The molecule has 0 atom stereocenters. The Morgan fingerprint density at radius 2 is 1.90 bits per heavy atom. The van der Waals surface area contributed by atoms with Crippen molar-refractivity contribution in [3.63, 3.8) is 0 Å². The van der Waals surface area contributed by atoms with Crippen molar-refractivity contribution in [3.8, 4) is 11.5 Å². The number of ether oxygens (including phenoxy) is 2. The van der Waals surface area contributed by atoms with E-state index in [9.17, 15) is 18.0 Å². The summed E-state index contributed by atoms with van der Waals surface area (Å²) < 4.78 is 45.6. The van der Waals surface area contributed by atoms with Gasteiger partial charge in [0.25, 0.3) is 0 Å². The zero-order chi connectivity index (χ0) is 21.6. The Bertz CT molecular complexity index is 887. The van der Waals surface area contributed by atoms with Crippen LogP contribution in [0, 0.1) is 6.92 Å². The Hall–Kier alpha value is -2.81. The highest BCUT2D eigenvalue weighted by Gasteiger charge is 2.31. The van der Waals surface area contributed by atoms with E-state index < -0.39 is 12.1 Å². The number of aromatic nitrogens is 1. The van der Waals surface area contributed by atoms with Gasteiger partial charge in [-0.2, -0.15) is 0 Å². The van der Waals surface area contributed by atoms with Gasteiger partial charge in [0.05, 0.1) is 22.7 Å². The van der Waals surface area contributed by atoms with Crippen molar-refractivity contribution in [1.82, 2.24) is 9.88 Å². The molecule has 0 aliphatic carbocycles. The van der Waals surface area contributed by atoms with Crippen LogP contribution in [0.1, 0.15) is 23.1 Å². The number of alkyl halides is 3. The molecule has 0 aliphatic heterocycles. The van der Waals surface area contributed by atoms with Gasteiger partial charge in [0, 0.05) is 13.6 Å². The summed E-state index contributed by atoms with van der Waals surface area (Å²) in [6.45, 7) is 4.07. The molecule has 0 radical (unpaired) electrons. The van der Waals surface area contributed by atoms with Crippen molar-refractivity contribution in [2.75, 3.05) is 20.2 Å². The van der Waals surface area contributed by atoms with E-state index in [1.807, 2.05) is 18.9 Å². The summed E-state index contributed by atoms with van der Waals surface area (Å²) in [6, 6.07) is 6.24. The summed E-state index contributed by atoms with van der Waals surface area (Å²) in [6.07, 6.45) is -3.14. The lowest BCUT2D eigenvalue weighted by atomic mass is 10.2. The maximum absolute atomic E-state index is 12.4. The van der Waals surface area contributed by atoms with Gasteiger partial charge in [-0.3, -0.25) is 4.79 Å². The lowest BCUT2D eigenvalue weighted by Crippen LogP contribution is -2.17. The topological polar surface area (TPSA) is 64.0 Å². The number of pyridine rings is 1. The number of benzene rings is 1. The molecule has 0 unspecified atom stereocenters. The third-order valence-electron chi connectivity index (χ3n) is 3.72. The zero-order valence-electron chi connectivity index (χ0n) is 16.0. The maximum Gasteiger partial charge on any atom is 0.573 e. The molecule has 1 aromatic heterocycles. The molecule has 0 saturated heterocycles. The van der Waals surface area contributed by atoms with Crippen molar-refractivity contribution in [2.24, 2.45) is 4.99 Å². The summed E-state index contributed by atoms with van der Waals surface area (Å²) >= 11 is 6.16. The van der Waals surface area contributed by atoms with Crippen LogP contribution < -0.4 is 9.47 Å². The highest BCUT2D eigenvalue weighted by atomic mass is 35.5. The molecule has 156 valence electrons. The van der Waals surface area contributed by atoms with Crippen molar-refractivity contribution in [2.45, 2.75) is 20.2 Å². The fraction of sp³-hybridized carbons (Fsp3) is 0.316. The summed E-state index contributed by atoms with van der Waals surface area (Å²) in [7, 11) is 1.87. The number of halogens is 4. The second-order valence-corrected chi connectivity index (χ2v) is 6.38. The van der Waals surface area contributed by atoms with E-state index in [2.05, 4.69) is 14.7 Å². The number of carbonyl (C=O) groups is 1. The lowest BCUT2D eigenvalue weighted by molar-refractivity contribution is -0.274. The van der Waals surface area contributed by atoms with Crippen LogP contribution in [0.15, 0.2) is 35.3 Å². The number of aryl methyl sites for hydroxylation is 1. The van der Waals surface area contributed by atoms with E-state index >= 15 is 0 Å². The molecule has 1 aromatic carbocycles. The molecule has 0 aliphatic rings. The fourth-order valence-electron chi connectivity index (χ4n) is 2.09. The number of carbonyl (C=O) groups excluding carboxylic acids is 1.